The van der Waals surface area contributed by atoms with Crippen LogP contribution in [0.5, 0.6) is 0 Å². The van der Waals surface area contributed by atoms with Crippen molar-refractivity contribution in [2.45, 2.75) is 31.7 Å². The molecule has 0 radical (unpaired) electrons. The molecule has 0 bridgehead atoms. The Bertz CT molecular complexity index is 402. The van der Waals surface area contributed by atoms with Crippen LogP contribution in [0, 0.1) is 3.57 Å². The second-order valence-corrected chi connectivity index (χ2v) is 6.01. The summed E-state index contributed by atoms with van der Waals surface area (Å²) in [5.41, 5.74) is 0.735. The minimum atomic E-state index is 0.0392. The van der Waals surface area contributed by atoms with E-state index in [2.05, 4.69) is 43.8 Å². The third-order valence-corrected chi connectivity index (χ3v) is 5.38. The summed E-state index contributed by atoms with van der Waals surface area (Å²) >= 11 is 5.68. The average Bonchev–Trinajstić information content (AvgIpc) is 2.74. The fraction of sp³-hybridized carbons (Fsp3) is 0.417. The number of carbonyl (C=O) groups excluding carboxylic acids is 1. The molecule has 1 amide bonds. The summed E-state index contributed by atoms with van der Waals surface area (Å²) in [6.45, 7) is 0. The van der Waals surface area contributed by atoms with Crippen molar-refractivity contribution in [3.05, 3.63) is 31.8 Å². The molecule has 2 rings (SSSR count). The van der Waals surface area contributed by atoms with E-state index in [-0.39, 0.29) is 5.91 Å². The second kappa shape index (κ2) is 5.49. The third-order valence-electron chi connectivity index (χ3n) is 2.89. The van der Waals surface area contributed by atoms with Crippen molar-refractivity contribution in [2.75, 3.05) is 0 Å². The molecular weight excluding hydrogens is 381 g/mol. The number of halogens is 2. The van der Waals surface area contributed by atoms with E-state index in [1.807, 2.05) is 18.2 Å². The first kappa shape index (κ1) is 12.4. The lowest BCUT2D eigenvalue weighted by Gasteiger charge is -2.13. The lowest BCUT2D eigenvalue weighted by atomic mass is 10.2. The summed E-state index contributed by atoms with van der Waals surface area (Å²) in [5, 5.41) is 3.09. The van der Waals surface area contributed by atoms with Crippen molar-refractivity contribution in [1.29, 1.82) is 0 Å². The van der Waals surface area contributed by atoms with Gasteiger partial charge in [0, 0.05) is 14.1 Å². The van der Waals surface area contributed by atoms with Crippen molar-refractivity contribution in [2.24, 2.45) is 0 Å². The molecule has 16 heavy (non-hydrogen) atoms. The van der Waals surface area contributed by atoms with Crippen molar-refractivity contribution < 1.29 is 4.79 Å². The molecule has 0 unspecified atom stereocenters. The molecule has 0 aromatic heterocycles. The van der Waals surface area contributed by atoms with E-state index in [1.54, 1.807) is 0 Å². The van der Waals surface area contributed by atoms with E-state index >= 15 is 0 Å². The van der Waals surface area contributed by atoms with E-state index in [0.29, 0.717) is 6.04 Å². The summed E-state index contributed by atoms with van der Waals surface area (Å²) in [6, 6.07) is 6.13. The molecule has 1 fully saturated rings. The zero-order valence-corrected chi connectivity index (χ0v) is 12.5. The van der Waals surface area contributed by atoms with Crippen LogP contribution in [0.3, 0.4) is 0 Å². The largest absolute Gasteiger partial charge is 0.349 e. The predicted molar refractivity (Wildman–Crippen MR) is 76.6 cm³/mol. The monoisotopic (exact) mass is 393 g/mol. The number of hydrogen-bond donors (Lipinski definition) is 1. The highest BCUT2D eigenvalue weighted by Gasteiger charge is 2.19. The Kier molecular flexibility index (Phi) is 4.24. The Hall–Kier alpha value is -0.100. The molecule has 0 heterocycles. The van der Waals surface area contributed by atoms with Crippen LogP contribution in [0.25, 0.3) is 0 Å². The van der Waals surface area contributed by atoms with E-state index in [0.717, 1.165) is 26.4 Å². The van der Waals surface area contributed by atoms with E-state index in [9.17, 15) is 4.79 Å². The van der Waals surface area contributed by atoms with Gasteiger partial charge in [-0.05, 0) is 63.5 Å². The Balaban J connectivity index is 2.11. The molecule has 0 saturated heterocycles. The maximum absolute atomic E-state index is 12.0. The molecule has 0 aliphatic heterocycles. The number of rotatable bonds is 2. The Morgan fingerprint density at radius 2 is 2.06 bits per heavy atom. The molecule has 4 heteroatoms. The van der Waals surface area contributed by atoms with Gasteiger partial charge in [-0.1, -0.05) is 18.9 Å². The molecule has 1 saturated carbocycles. The molecule has 86 valence electrons. The van der Waals surface area contributed by atoms with Gasteiger partial charge in [0.1, 0.15) is 0 Å². The lowest BCUT2D eigenvalue weighted by Crippen LogP contribution is -2.32. The van der Waals surface area contributed by atoms with Gasteiger partial charge in [-0.25, -0.2) is 0 Å². The van der Waals surface area contributed by atoms with Crippen LogP contribution >= 0.6 is 38.5 Å². The van der Waals surface area contributed by atoms with Crippen LogP contribution in [-0.2, 0) is 0 Å². The van der Waals surface area contributed by atoms with E-state index < -0.39 is 0 Å². The summed E-state index contributed by atoms with van der Waals surface area (Å²) < 4.78 is 1.96. The molecule has 1 aromatic rings. The van der Waals surface area contributed by atoms with Crippen molar-refractivity contribution in [3.8, 4) is 0 Å². The van der Waals surface area contributed by atoms with E-state index in [1.165, 1.54) is 12.8 Å². The highest BCUT2D eigenvalue weighted by Crippen LogP contribution is 2.24. The molecule has 1 aliphatic carbocycles. The molecule has 0 spiro atoms. The van der Waals surface area contributed by atoms with Gasteiger partial charge in [-0.3, -0.25) is 4.79 Å². The van der Waals surface area contributed by atoms with Gasteiger partial charge in [-0.2, -0.15) is 0 Å². The fourth-order valence-electron chi connectivity index (χ4n) is 2.01. The molecular formula is C12H13BrINO. The maximum atomic E-state index is 12.0. The number of carbonyl (C=O) groups is 1. The Labute approximate surface area is 117 Å². The minimum absolute atomic E-state index is 0.0392. The highest BCUT2D eigenvalue weighted by atomic mass is 127. The van der Waals surface area contributed by atoms with Gasteiger partial charge in [0.05, 0.1) is 5.56 Å². The number of hydrogen-bond acceptors (Lipinski definition) is 1. The standard InChI is InChI=1S/C12H13BrINO/c13-11-9(6-3-7-10(11)14)12(16)15-8-4-1-2-5-8/h3,6-8H,1-2,4-5H2,(H,15,16). The Morgan fingerprint density at radius 3 is 2.75 bits per heavy atom. The van der Waals surface area contributed by atoms with Crippen LogP contribution in [-0.4, -0.2) is 11.9 Å². The summed E-state index contributed by atoms with van der Waals surface area (Å²) in [5.74, 6) is 0.0392. The molecule has 1 N–H and O–H groups in total. The second-order valence-electron chi connectivity index (χ2n) is 4.06. The lowest BCUT2D eigenvalue weighted by molar-refractivity contribution is 0.0937. The molecule has 1 aliphatic rings. The maximum Gasteiger partial charge on any atom is 0.252 e. The van der Waals surface area contributed by atoms with Crippen LogP contribution in [0.15, 0.2) is 22.7 Å². The van der Waals surface area contributed by atoms with Crippen LogP contribution in [0.1, 0.15) is 36.0 Å². The molecule has 0 atom stereocenters. The van der Waals surface area contributed by atoms with Crippen LogP contribution < -0.4 is 5.32 Å². The fourth-order valence-corrected chi connectivity index (χ4v) is 2.96. The van der Waals surface area contributed by atoms with Crippen molar-refractivity contribution >= 4 is 44.4 Å². The molecule has 2 nitrogen and oxygen atoms in total. The number of amides is 1. The first-order valence-electron chi connectivity index (χ1n) is 5.43. The first-order valence-corrected chi connectivity index (χ1v) is 7.30. The van der Waals surface area contributed by atoms with Crippen molar-refractivity contribution in [1.82, 2.24) is 5.32 Å². The van der Waals surface area contributed by atoms with Gasteiger partial charge in [0.2, 0.25) is 0 Å². The topological polar surface area (TPSA) is 29.1 Å². The zero-order valence-electron chi connectivity index (χ0n) is 8.80. The quantitative estimate of drug-likeness (QED) is 0.762. The van der Waals surface area contributed by atoms with Gasteiger partial charge >= 0.3 is 0 Å². The predicted octanol–water partition coefficient (Wildman–Crippen LogP) is 3.73. The van der Waals surface area contributed by atoms with Gasteiger partial charge in [0.15, 0.2) is 0 Å². The normalized spacial score (nSPS) is 16.4. The highest BCUT2D eigenvalue weighted by molar-refractivity contribution is 14.1. The van der Waals surface area contributed by atoms with Gasteiger partial charge < -0.3 is 5.32 Å². The summed E-state index contributed by atoms with van der Waals surface area (Å²) in [6.07, 6.45) is 4.71. The SMILES string of the molecule is O=C(NC1CCCC1)c1cccc(I)c1Br. The summed E-state index contributed by atoms with van der Waals surface area (Å²) in [7, 11) is 0. The smallest absolute Gasteiger partial charge is 0.252 e. The Morgan fingerprint density at radius 1 is 1.38 bits per heavy atom. The molecule has 1 aromatic carbocycles. The van der Waals surface area contributed by atoms with E-state index in [4.69, 9.17) is 0 Å². The van der Waals surface area contributed by atoms with Crippen LogP contribution in [0.2, 0.25) is 0 Å². The zero-order chi connectivity index (χ0) is 11.5. The first-order chi connectivity index (χ1) is 7.68. The number of benzene rings is 1. The van der Waals surface area contributed by atoms with Gasteiger partial charge in [0.25, 0.3) is 5.91 Å². The van der Waals surface area contributed by atoms with Gasteiger partial charge in [-0.15, -0.1) is 0 Å². The van der Waals surface area contributed by atoms with Crippen LogP contribution in [0.4, 0.5) is 0 Å². The summed E-state index contributed by atoms with van der Waals surface area (Å²) in [4.78, 5) is 12.0. The average molecular weight is 394 g/mol. The third kappa shape index (κ3) is 2.77. The number of nitrogens with one attached hydrogen (secondary N) is 1. The van der Waals surface area contributed by atoms with Crippen molar-refractivity contribution in [3.63, 3.8) is 0 Å². The minimum Gasteiger partial charge on any atom is -0.349 e.